The van der Waals surface area contributed by atoms with Crippen LogP contribution in [-0.4, -0.2) is 52.8 Å². The molecule has 188 valence electrons. The zero-order valence-corrected chi connectivity index (χ0v) is 22.7. The van der Waals surface area contributed by atoms with Crippen LogP contribution in [0.1, 0.15) is 16.8 Å². The van der Waals surface area contributed by atoms with Gasteiger partial charge in [-0.3, -0.25) is 14.4 Å². The number of sulfonamides is 2. The van der Waals surface area contributed by atoms with Crippen molar-refractivity contribution < 1.29 is 16.8 Å². The van der Waals surface area contributed by atoms with Crippen LogP contribution in [0, 0.1) is 6.92 Å². The van der Waals surface area contributed by atoms with Crippen LogP contribution in [0.3, 0.4) is 0 Å². The summed E-state index contributed by atoms with van der Waals surface area (Å²) >= 11 is 0. The third-order valence-electron chi connectivity index (χ3n) is 4.84. The van der Waals surface area contributed by atoms with Crippen molar-refractivity contribution in [3.63, 3.8) is 0 Å². The maximum atomic E-state index is 11.5. The van der Waals surface area contributed by atoms with E-state index in [1.165, 1.54) is 0 Å². The fraction of sp³-hybridized carbons (Fsp3) is 0.318. The molecule has 0 fully saturated rings. The summed E-state index contributed by atoms with van der Waals surface area (Å²) in [5, 5.41) is 0.910. The van der Waals surface area contributed by atoms with Crippen molar-refractivity contribution in [2.24, 2.45) is 0 Å². The fourth-order valence-electron chi connectivity index (χ4n) is 3.45. The minimum Gasteiger partial charge on any atom is -0.300 e. The lowest BCUT2D eigenvalue weighted by atomic mass is 10.1. The second-order valence-electron chi connectivity index (χ2n) is 8.10. The molecule has 0 aliphatic heterocycles. The van der Waals surface area contributed by atoms with Gasteiger partial charge in [0.15, 0.2) is 0 Å². The van der Waals surface area contributed by atoms with E-state index in [-0.39, 0.29) is 24.8 Å². The van der Waals surface area contributed by atoms with E-state index in [1.807, 2.05) is 38.2 Å². The molecule has 3 aromatic rings. The molecule has 0 aliphatic rings. The first-order valence-electron chi connectivity index (χ1n) is 10.0. The average Bonchev–Trinajstić information content (AvgIpc) is 2.65. The lowest BCUT2D eigenvalue weighted by Crippen LogP contribution is -2.21. The maximum Gasteiger partial charge on any atom is 0.229 e. The molecular weight excluding hydrogens is 519 g/mol. The number of likely N-dealkylation sites (N-methyl/N-ethyl adjacent to an activating group) is 1. The summed E-state index contributed by atoms with van der Waals surface area (Å²) in [6.45, 7) is 3.48. The van der Waals surface area contributed by atoms with E-state index in [0.29, 0.717) is 17.9 Å². The number of fused-ring (bicyclic) bond motifs is 1. The smallest absolute Gasteiger partial charge is 0.229 e. The molecule has 0 bridgehead atoms. The highest BCUT2D eigenvalue weighted by Gasteiger charge is 2.09. The van der Waals surface area contributed by atoms with E-state index in [1.54, 1.807) is 24.3 Å². The summed E-state index contributed by atoms with van der Waals surface area (Å²) in [6, 6.07) is 14.7. The van der Waals surface area contributed by atoms with Crippen molar-refractivity contribution in [2.45, 2.75) is 19.9 Å². The van der Waals surface area contributed by atoms with Crippen molar-refractivity contribution in [2.75, 3.05) is 35.5 Å². The monoisotopic (exact) mass is 548 g/mol. The van der Waals surface area contributed by atoms with Gasteiger partial charge in [0.1, 0.15) is 0 Å². The Morgan fingerprint density at radius 2 is 1.41 bits per heavy atom. The van der Waals surface area contributed by atoms with Gasteiger partial charge in [-0.1, -0.05) is 12.1 Å². The summed E-state index contributed by atoms with van der Waals surface area (Å²) < 4.78 is 50.5. The van der Waals surface area contributed by atoms with Gasteiger partial charge < -0.3 is 4.90 Å². The fourth-order valence-corrected chi connectivity index (χ4v) is 4.57. The summed E-state index contributed by atoms with van der Waals surface area (Å²) in [6.07, 6.45) is 3.08. The number of nitrogens with one attached hydrogen (secondary N) is 2. The Kier molecular flexibility index (Phi) is 10.6. The highest BCUT2D eigenvalue weighted by molar-refractivity contribution is 7.92. The van der Waals surface area contributed by atoms with Crippen LogP contribution in [0.25, 0.3) is 10.9 Å². The molecule has 8 nitrogen and oxygen atoms in total. The van der Waals surface area contributed by atoms with Crippen LogP contribution in [-0.2, 0) is 33.0 Å². The van der Waals surface area contributed by atoms with E-state index >= 15 is 0 Å². The number of nitrogens with zero attached hydrogens (tertiary/aromatic N) is 2. The number of rotatable bonds is 9. The molecule has 1 heterocycles. The lowest BCUT2D eigenvalue weighted by Gasteiger charge is -2.17. The van der Waals surface area contributed by atoms with E-state index in [0.717, 1.165) is 53.2 Å². The Morgan fingerprint density at radius 1 is 0.853 bits per heavy atom. The van der Waals surface area contributed by atoms with Crippen LogP contribution in [0.4, 0.5) is 11.4 Å². The molecule has 3 rings (SSSR count). The Morgan fingerprint density at radius 3 is 2.00 bits per heavy atom. The van der Waals surface area contributed by atoms with Crippen molar-refractivity contribution in [1.82, 2.24) is 9.88 Å². The number of aryl methyl sites for hydroxylation is 1. The molecule has 34 heavy (non-hydrogen) atoms. The second kappa shape index (κ2) is 12.0. The van der Waals surface area contributed by atoms with Crippen molar-refractivity contribution in [1.29, 1.82) is 0 Å². The van der Waals surface area contributed by atoms with E-state index in [4.69, 9.17) is 4.98 Å². The van der Waals surface area contributed by atoms with Gasteiger partial charge in [-0.15, -0.1) is 24.8 Å². The first-order chi connectivity index (χ1) is 14.9. The normalized spacial score (nSPS) is 11.6. The third-order valence-corrected chi connectivity index (χ3v) is 6.06. The first-order valence-corrected chi connectivity index (χ1v) is 13.8. The molecule has 0 saturated heterocycles. The van der Waals surface area contributed by atoms with E-state index in [9.17, 15) is 16.8 Å². The number of hydrogen-bond acceptors (Lipinski definition) is 6. The van der Waals surface area contributed by atoms with Gasteiger partial charge in [-0.05, 0) is 67.9 Å². The zero-order valence-electron chi connectivity index (χ0n) is 19.4. The van der Waals surface area contributed by atoms with Gasteiger partial charge in [-0.2, -0.15) is 0 Å². The topological polar surface area (TPSA) is 108 Å². The predicted octanol–water partition coefficient (Wildman–Crippen LogP) is 3.80. The minimum absolute atomic E-state index is 0. The van der Waals surface area contributed by atoms with Gasteiger partial charge in [0.05, 0.1) is 23.7 Å². The van der Waals surface area contributed by atoms with Crippen LogP contribution in [0.2, 0.25) is 0 Å². The highest BCUT2D eigenvalue weighted by atomic mass is 35.5. The van der Waals surface area contributed by atoms with Crippen LogP contribution >= 0.6 is 24.8 Å². The largest absolute Gasteiger partial charge is 0.300 e. The standard InChI is InChI=1S/C22H28N4O4S2.2ClH/c1-16-13-20(23-22-10-9-19(14-21(16)22)25-32(4,29)30)15-26(2)12-11-17-5-7-18(8-6-17)24-31(3,27)28;;/h5-10,13-14,24-25H,11-12,15H2,1-4H3;2*1H. The molecule has 0 atom stereocenters. The molecule has 2 aromatic carbocycles. The van der Waals surface area contributed by atoms with Crippen LogP contribution in [0.15, 0.2) is 48.5 Å². The van der Waals surface area contributed by atoms with Crippen molar-refractivity contribution >= 4 is 67.1 Å². The second-order valence-corrected chi connectivity index (χ2v) is 11.6. The van der Waals surface area contributed by atoms with Gasteiger partial charge in [0.2, 0.25) is 20.0 Å². The molecule has 12 heteroatoms. The summed E-state index contributed by atoms with van der Waals surface area (Å²) in [7, 11) is -4.58. The maximum absolute atomic E-state index is 11.5. The van der Waals surface area contributed by atoms with Crippen molar-refractivity contribution in [3.8, 4) is 0 Å². The Hall–Kier alpha value is -2.11. The quantitative estimate of drug-likeness (QED) is 0.421. The highest BCUT2D eigenvalue weighted by Crippen LogP contribution is 2.23. The van der Waals surface area contributed by atoms with Crippen molar-refractivity contribution in [3.05, 3.63) is 65.4 Å². The third kappa shape index (κ3) is 9.27. The van der Waals surface area contributed by atoms with Gasteiger partial charge >= 0.3 is 0 Å². The minimum atomic E-state index is -3.33. The van der Waals surface area contributed by atoms with E-state index < -0.39 is 20.0 Å². The number of hydrogen-bond donors (Lipinski definition) is 2. The Bertz CT molecular complexity index is 1330. The number of aromatic nitrogens is 1. The summed E-state index contributed by atoms with van der Waals surface area (Å²) in [4.78, 5) is 6.91. The molecule has 1 aromatic heterocycles. The van der Waals surface area contributed by atoms with Crippen LogP contribution < -0.4 is 9.44 Å². The number of benzene rings is 2. The first kappa shape index (κ1) is 29.9. The predicted molar refractivity (Wildman–Crippen MR) is 144 cm³/mol. The Labute approximate surface area is 214 Å². The molecular formula is C22H30Cl2N4O4S2. The average molecular weight is 550 g/mol. The molecule has 0 saturated carbocycles. The SMILES string of the molecule is Cc1cc(CN(C)CCc2ccc(NS(C)(=O)=O)cc2)nc2ccc(NS(C)(=O)=O)cc12.Cl.Cl. The Balaban J connectivity index is 0.00000289. The molecule has 0 spiro atoms. The molecule has 0 unspecified atom stereocenters. The molecule has 2 N–H and O–H groups in total. The number of anilines is 2. The van der Waals surface area contributed by atoms with Gasteiger partial charge in [0.25, 0.3) is 0 Å². The number of pyridine rings is 1. The van der Waals surface area contributed by atoms with E-state index in [2.05, 4.69) is 14.3 Å². The molecule has 0 amide bonds. The molecule has 0 aliphatic carbocycles. The number of halogens is 2. The lowest BCUT2D eigenvalue weighted by molar-refractivity contribution is 0.327. The molecule has 0 radical (unpaired) electrons. The van der Waals surface area contributed by atoms with Gasteiger partial charge in [0, 0.05) is 29.9 Å². The summed E-state index contributed by atoms with van der Waals surface area (Å²) in [5.41, 5.74) is 4.98. The van der Waals surface area contributed by atoms with Crippen LogP contribution in [0.5, 0.6) is 0 Å². The van der Waals surface area contributed by atoms with Gasteiger partial charge in [-0.25, -0.2) is 16.8 Å². The zero-order chi connectivity index (χ0) is 23.5. The summed E-state index contributed by atoms with van der Waals surface area (Å²) in [5.74, 6) is 0.